The zero-order chi connectivity index (χ0) is 6.97. The van der Waals surface area contributed by atoms with Gasteiger partial charge in [0.2, 0.25) is 0 Å². The van der Waals surface area contributed by atoms with E-state index in [4.69, 9.17) is 0 Å². The van der Waals surface area contributed by atoms with Gasteiger partial charge in [0.15, 0.2) is 0 Å². The van der Waals surface area contributed by atoms with Gasteiger partial charge in [0.1, 0.15) is 0 Å². The third-order valence-electron chi connectivity index (χ3n) is 2.72. The molecule has 10 heavy (non-hydrogen) atoms. The molecule has 0 bridgehead atoms. The number of rotatable bonds is 1. The second kappa shape index (κ2) is 2.51. The highest BCUT2D eigenvalue weighted by Crippen LogP contribution is 2.39. The van der Waals surface area contributed by atoms with Crippen LogP contribution in [0, 0.1) is 11.8 Å². The van der Waals surface area contributed by atoms with Gasteiger partial charge < -0.3 is 10.4 Å². The highest BCUT2D eigenvalue weighted by Gasteiger charge is 2.36. The van der Waals surface area contributed by atoms with Gasteiger partial charge in [-0.25, -0.2) is 0 Å². The van der Waals surface area contributed by atoms with Gasteiger partial charge in [-0.05, 0) is 31.7 Å². The third-order valence-corrected chi connectivity index (χ3v) is 2.72. The fourth-order valence-electron chi connectivity index (χ4n) is 1.87. The molecule has 2 unspecified atom stereocenters. The zero-order valence-electron chi connectivity index (χ0n) is 6.21. The zero-order valence-corrected chi connectivity index (χ0v) is 6.21. The van der Waals surface area contributed by atoms with Gasteiger partial charge in [-0.15, -0.1) is 0 Å². The van der Waals surface area contributed by atoms with Crippen molar-refractivity contribution < 1.29 is 5.11 Å². The Morgan fingerprint density at radius 2 is 2.00 bits per heavy atom. The normalized spacial score (nSPS) is 41.7. The third kappa shape index (κ3) is 1.18. The van der Waals surface area contributed by atoms with Crippen molar-refractivity contribution in [1.29, 1.82) is 0 Å². The molecule has 2 nitrogen and oxygen atoms in total. The van der Waals surface area contributed by atoms with Gasteiger partial charge in [-0.3, -0.25) is 0 Å². The molecule has 2 N–H and O–H groups in total. The summed E-state index contributed by atoms with van der Waals surface area (Å²) in [6, 6.07) is 0. The van der Waals surface area contributed by atoms with Gasteiger partial charge in [0.25, 0.3) is 0 Å². The van der Waals surface area contributed by atoms with E-state index < -0.39 is 0 Å². The second-order valence-electron chi connectivity index (χ2n) is 3.56. The molecular formula is C8H15NO. The maximum Gasteiger partial charge on any atom is 0.0595 e. The Bertz CT molecular complexity index is 122. The molecule has 0 aromatic rings. The minimum atomic E-state index is -0.00579. The summed E-state index contributed by atoms with van der Waals surface area (Å²) in [6.45, 7) is 2.05. The van der Waals surface area contributed by atoms with E-state index in [-0.39, 0.29) is 6.10 Å². The van der Waals surface area contributed by atoms with Crippen molar-refractivity contribution in [3.63, 3.8) is 0 Å². The SMILES string of the molecule is OC1CCNCC1C1CC1. The van der Waals surface area contributed by atoms with E-state index in [0.29, 0.717) is 5.92 Å². The molecule has 2 heteroatoms. The van der Waals surface area contributed by atoms with Crippen LogP contribution in [0.3, 0.4) is 0 Å². The second-order valence-corrected chi connectivity index (χ2v) is 3.56. The molecular weight excluding hydrogens is 126 g/mol. The van der Waals surface area contributed by atoms with E-state index in [2.05, 4.69) is 5.32 Å². The van der Waals surface area contributed by atoms with Gasteiger partial charge >= 0.3 is 0 Å². The summed E-state index contributed by atoms with van der Waals surface area (Å²) >= 11 is 0. The maximum atomic E-state index is 9.54. The molecule has 2 atom stereocenters. The van der Waals surface area contributed by atoms with E-state index in [1.807, 2.05) is 0 Å². The van der Waals surface area contributed by atoms with Crippen molar-refractivity contribution in [2.24, 2.45) is 11.8 Å². The first kappa shape index (κ1) is 6.62. The smallest absolute Gasteiger partial charge is 0.0595 e. The number of aliphatic hydroxyl groups is 1. The van der Waals surface area contributed by atoms with Crippen molar-refractivity contribution in [3.05, 3.63) is 0 Å². The lowest BCUT2D eigenvalue weighted by Crippen LogP contribution is -2.40. The summed E-state index contributed by atoms with van der Waals surface area (Å²) in [5.74, 6) is 1.43. The first-order valence-electron chi connectivity index (χ1n) is 4.26. The predicted molar refractivity (Wildman–Crippen MR) is 39.7 cm³/mol. The Balaban J connectivity index is 1.90. The van der Waals surface area contributed by atoms with Crippen LogP contribution in [0.2, 0.25) is 0 Å². The molecule has 2 rings (SSSR count). The van der Waals surface area contributed by atoms with Gasteiger partial charge in [0.05, 0.1) is 6.10 Å². The van der Waals surface area contributed by atoms with Crippen molar-refractivity contribution in [2.75, 3.05) is 13.1 Å². The molecule has 1 heterocycles. The maximum absolute atomic E-state index is 9.54. The van der Waals surface area contributed by atoms with Gasteiger partial charge in [-0.1, -0.05) is 0 Å². The Morgan fingerprint density at radius 1 is 1.20 bits per heavy atom. The minimum absolute atomic E-state index is 0.00579. The molecule has 1 saturated heterocycles. The average molecular weight is 141 g/mol. The highest BCUT2D eigenvalue weighted by molar-refractivity contribution is 4.89. The molecule has 1 saturated carbocycles. The lowest BCUT2D eigenvalue weighted by Gasteiger charge is -2.28. The van der Waals surface area contributed by atoms with Crippen molar-refractivity contribution in [2.45, 2.75) is 25.4 Å². The van der Waals surface area contributed by atoms with Crippen LogP contribution in [-0.2, 0) is 0 Å². The summed E-state index contributed by atoms with van der Waals surface area (Å²) in [7, 11) is 0. The summed E-state index contributed by atoms with van der Waals surface area (Å²) in [4.78, 5) is 0. The van der Waals surface area contributed by atoms with Crippen LogP contribution in [0.4, 0.5) is 0 Å². The molecule has 1 aliphatic carbocycles. The van der Waals surface area contributed by atoms with Gasteiger partial charge in [-0.2, -0.15) is 0 Å². The van der Waals surface area contributed by atoms with Crippen molar-refractivity contribution in [3.8, 4) is 0 Å². The fourth-order valence-corrected chi connectivity index (χ4v) is 1.87. The molecule has 0 spiro atoms. The van der Waals surface area contributed by atoms with Crippen LogP contribution < -0.4 is 5.32 Å². The monoisotopic (exact) mass is 141 g/mol. The number of hydrogen-bond donors (Lipinski definition) is 2. The predicted octanol–water partition coefficient (Wildman–Crippen LogP) is 0.367. The summed E-state index contributed by atoms with van der Waals surface area (Å²) in [5.41, 5.74) is 0. The summed E-state index contributed by atoms with van der Waals surface area (Å²) < 4.78 is 0. The standard InChI is InChI=1S/C8H15NO/c10-8-3-4-9-5-7(8)6-1-2-6/h6-10H,1-5H2. The van der Waals surface area contributed by atoms with Crippen LogP contribution >= 0.6 is 0 Å². The minimum Gasteiger partial charge on any atom is -0.393 e. The molecule has 2 fully saturated rings. The Morgan fingerprint density at radius 3 is 2.60 bits per heavy atom. The molecule has 1 aliphatic heterocycles. The lowest BCUT2D eigenvalue weighted by molar-refractivity contribution is 0.0677. The topological polar surface area (TPSA) is 32.3 Å². The van der Waals surface area contributed by atoms with Crippen LogP contribution in [0.5, 0.6) is 0 Å². The van der Waals surface area contributed by atoms with E-state index >= 15 is 0 Å². The summed E-state index contributed by atoms with van der Waals surface area (Å²) in [6.07, 6.45) is 3.65. The Kier molecular flexibility index (Phi) is 1.66. The van der Waals surface area contributed by atoms with Crippen LogP contribution in [0.25, 0.3) is 0 Å². The quantitative estimate of drug-likeness (QED) is 0.553. The van der Waals surface area contributed by atoms with Crippen molar-refractivity contribution in [1.82, 2.24) is 5.32 Å². The summed E-state index contributed by atoms with van der Waals surface area (Å²) in [5, 5.41) is 12.9. The Labute approximate surface area is 61.6 Å². The van der Waals surface area contributed by atoms with Crippen LogP contribution in [0.15, 0.2) is 0 Å². The van der Waals surface area contributed by atoms with E-state index in [1.165, 1.54) is 12.8 Å². The number of nitrogens with one attached hydrogen (secondary N) is 1. The molecule has 0 aromatic carbocycles. The number of piperidine rings is 1. The molecule has 0 radical (unpaired) electrons. The first-order chi connectivity index (χ1) is 4.88. The fraction of sp³-hybridized carbons (Fsp3) is 1.00. The number of hydrogen-bond acceptors (Lipinski definition) is 2. The molecule has 0 aromatic heterocycles. The highest BCUT2D eigenvalue weighted by atomic mass is 16.3. The van der Waals surface area contributed by atoms with E-state index in [1.54, 1.807) is 0 Å². The van der Waals surface area contributed by atoms with Crippen molar-refractivity contribution >= 4 is 0 Å². The van der Waals surface area contributed by atoms with Crippen LogP contribution in [0.1, 0.15) is 19.3 Å². The lowest BCUT2D eigenvalue weighted by atomic mass is 9.92. The molecule has 58 valence electrons. The molecule has 0 amide bonds. The largest absolute Gasteiger partial charge is 0.393 e. The average Bonchev–Trinajstić information content (AvgIpc) is 2.71. The number of aliphatic hydroxyl groups excluding tert-OH is 1. The van der Waals surface area contributed by atoms with E-state index in [9.17, 15) is 5.11 Å². The van der Waals surface area contributed by atoms with Crippen LogP contribution in [-0.4, -0.2) is 24.3 Å². The first-order valence-corrected chi connectivity index (χ1v) is 4.26. The van der Waals surface area contributed by atoms with E-state index in [0.717, 1.165) is 25.4 Å². The Hall–Kier alpha value is -0.0800. The van der Waals surface area contributed by atoms with Gasteiger partial charge in [0, 0.05) is 12.5 Å². The molecule has 2 aliphatic rings.